The van der Waals surface area contributed by atoms with Gasteiger partial charge in [-0.2, -0.15) is 0 Å². The standard InChI is InChI=1S/C25H24N2O5/c28-24(15-27-25(29)20-8-11-22-23(14-20)32-17-31-22)26-13-12-18-6-9-21(10-7-18)30-16-19-4-2-1-3-5-19/h1-11,14H,12-13,15-17H2,(H,26,28)(H,27,29). The van der Waals surface area contributed by atoms with Crippen LogP contribution in [0.4, 0.5) is 0 Å². The average molecular weight is 432 g/mol. The molecule has 1 aliphatic heterocycles. The van der Waals surface area contributed by atoms with Crippen molar-refractivity contribution in [3.8, 4) is 17.2 Å². The Balaban J connectivity index is 1.15. The summed E-state index contributed by atoms with van der Waals surface area (Å²) in [5.74, 6) is 1.34. The van der Waals surface area contributed by atoms with Crippen molar-refractivity contribution in [3.05, 3.63) is 89.5 Å². The Morgan fingerprint density at radius 3 is 2.44 bits per heavy atom. The van der Waals surface area contributed by atoms with E-state index in [9.17, 15) is 9.59 Å². The van der Waals surface area contributed by atoms with Crippen LogP contribution in [0, 0.1) is 0 Å². The number of rotatable bonds is 9. The lowest BCUT2D eigenvalue weighted by Crippen LogP contribution is -2.37. The van der Waals surface area contributed by atoms with Crippen LogP contribution in [0.1, 0.15) is 21.5 Å². The summed E-state index contributed by atoms with van der Waals surface area (Å²) >= 11 is 0. The van der Waals surface area contributed by atoms with E-state index in [1.807, 2.05) is 54.6 Å². The summed E-state index contributed by atoms with van der Waals surface area (Å²) in [5, 5.41) is 5.42. The molecule has 3 aromatic carbocycles. The van der Waals surface area contributed by atoms with E-state index in [0.29, 0.717) is 36.6 Å². The summed E-state index contributed by atoms with van der Waals surface area (Å²) in [6.07, 6.45) is 0.681. The Kier molecular flexibility index (Phi) is 6.87. The zero-order valence-electron chi connectivity index (χ0n) is 17.5. The maximum Gasteiger partial charge on any atom is 0.251 e. The molecule has 0 unspecified atom stereocenters. The van der Waals surface area contributed by atoms with Crippen molar-refractivity contribution < 1.29 is 23.8 Å². The molecule has 0 fully saturated rings. The predicted molar refractivity (Wildman–Crippen MR) is 119 cm³/mol. The average Bonchev–Trinajstić information content (AvgIpc) is 3.31. The van der Waals surface area contributed by atoms with Gasteiger partial charge in [0.2, 0.25) is 12.7 Å². The molecule has 1 aliphatic rings. The van der Waals surface area contributed by atoms with Gasteiger partial charge >= 0.3 is 0 Å². The van der Waals surface area contributed by atoms with Gasteiger partial charge in [-0.25, -0.2) is 0 Å². The second kappa shape index (κ2) is 10.3. The lowest BCUT2D eigenvalue weighted by molar-refractivity contribution is -0.120. The normalized spacial score (nSPS) is 11.6. The van der Waals surface area contributed by atoms with E-state index < -0.39 is 0 Å². The molecule has 2 amide bonds. The molecule has 0 aliphatic carbocycles. The maximum atomic E-state index is 12.2. The molecule has 0 atom stereocenters. The molecule has 32 heavy (non-hydrogen) atoms. The fourth-order valence-corrected chi connectivity index (χ4v) is 3.20. The Morgan fingerprint density at radius 1 is 0.844 bits per heavy atom. The highest BCUT2D eigenvalue weighted by Crippen LogP contribution is 2.32. The number of nitrogens with one attached hydrogen (secondary N) is 2. The van der Waals surface area contributed by atoms with Crippen molar-refractivity contribution >= 4 is 11.8 Å². The molecule has 7 nitrogen and oxygen atoms in total. The lowest BCUT2D eigenvalue weighted by atomic mass is 10.1. The minimum atomic E-state index is -0.343. The van der Waals surface area contributed by atoms with Crippen molar-refractivity contribution in [2.45, 2.75) is 13.0 Å². The zero-order valence-corrected chi connectivity index (χ0v) is 17.5. The highest BCUT2D eigenvalue weighted by Gasteiger charge is 2.16. The summed E-state index contributed by atoms with van der Waals surface area (Å²) in [6, 6.07) is 22.7. The van der Waals surface area contributed by atoms with Crippen molar-refractivity contribution in [2.24, 2.45) is 0 Å². The smallest absolute Gasteiger partial charge is 0.251 e. The van der Waals surface area contributed by atoms with Crippen LogP contribution in [0.2, 0.25) is 0 Å². The number of fused-ring (bicyclic) bond motifs is 1. The maximum absolute atomic E-state index is 12.2. The summed E-state index contributed by atoms with van der Waals surface area (Å²) in [7, 11) is 0. The van der Waals surface area contributed by atoms with Crippen molar-refractivity contribution in [2.75, 3.05) is 19.9 Å². The topological polar surface area (TPSA) is 85.9 Å². The minimum Gasteiger partial charge on any atom is -0.489 e. The molecule has 164 valence electrons. The molecule has 0 spiro atoms. The van der Waals surface area contributed by atoms with Gasteiger partial charge < -0.3 is 24.8 Å². The molecular formula is C25H24N2O5. The van der Waals surface area contributed by atoms with Gasteiger partial charge in [-0.3, -0.25) is 9.59 Å². The van der Waals surface area contributed by atoms with Crippen molar-refractivity contribution in [3.63, 3.8) is 0 Å². The molecule has 0 saturated heterocycles. The van der Waals surface area contributed by atoms with Gasteiger partial charge in [0.05, 0.1) is 6.54 Å². The molecule has 0 bridgehead atoms. The number of benzene rings is 3. The number of carbonyl (C=O) groups excluding carboxylic acids is 2. The zero-order chi connectivity index (χ0) is 22.2. The molecule has 7 heteroatoms. The molecule has 2 N–H and O–H groups in total. The Labute approximate surface area is 186 Å². The Bertz CT molecular complexity index is 1070. The second-order valence-corrected chi connectivity index (χ2v) is 7.27. The van der Waals surface area contributed by atoms with E-state index in [0.717, 1.165) is 16.9 Å². The highest BCUT2D eigenvalue weighted by molar-refractivity contribution is 5.97. The summed E-state index contributed by atoms with van der Waals surface area (Å²) < 4.78 is 16.3. The number of hydrogen-bond donors (Lipinski definition) is 2. The first kappa shape index (κ1) is 21.2. The van der Waals surface area contributed by atoms with Gasteiger partial charge in [0.25, 0.3) is 5.91 Å². The fraction of sp³-hybridized carbons (Fsp3) is 0.200. The molecule has 4 rings (SSSR count). The Hall–Kier alpha value is -4.00. The van der Waals surface area contributed by atoms with Gasteiger partial charge in [0.15, 0.2) is 11.5 Å². The van der Waals surface area contributed by atoms with Crippen LogP contribution in [0.25, 0.3) is 0 Å². The van der Waals surface area contributed by atoms with Crippen LogP contribution < -0.4 is 24.8 Å². The van der Waals surface area contributed by atoms with E-state index in [4.69, 9.17) is 14.2 Å². The SMILES string of the molecule is O=C(CNC(=O)c1ccc2c(c1)OCO2)NCCc1ccc(OCc2ccccc2)cc1. The third-order valence-corrected chi connectivity index (χ3v) is 4.95. The largest absolute Gasteiger partial charge is 0.489 e. The van der Waals surface area contributed by atoms with E-state index in [1.54, 1.807) is 18.2 Å². The molecule has 3 aromatic rings. The van der Waals surface area contributed by atoms with Gasteiger partial charge in [0, 0.05) is 12.1 Å². The van der Waals surface area contributed by atoms with E-state index in [2.05, 4.69) is 10.6 Å². The molecule has 0 saturated carbocycles. The third kappa shape index (κ3) is 5.78. The summed E-state index contributed by atoms with van der Waals surface area (Å²) in [6.45, 7) is 1.04. The molecule has 0 radical (unpaired) electrons. The van der Waals surface area contributed by atoms with Crippen LogP contribution in [0.5, 0.6) is 17.2 Å². The van der Waals surface area contributed by atoms with Crippen LogP contribution in [0.3, 0.4) is 0 Å². The highest BCUT2D eigenvalue weighted by atomic mass is 16.7. The van der Waals surface area contributed by atoms with Crippen LogP contribution in [-0.2, 0) is 17.8 Å². The number of amides is 2. The van der Waals surface area contributed by atoms with Crippen LogP contribution in [0.15, 0.2) is 72.8 Å². The first-order chi connectivity index (χ1) is 15.7. The van der Waals surface area contributed by atoms with Crippen LogP contribution >= 0.6 is 0 Å². The quantitative estimate of drug-likeness (QED) is 0.543. The predicted octanol–water partition coefficient (Wildman–Crippen LogP) is 3.08. The van der Waals surface area contributed by atoms with Crippen molar-refractivity contribution in [1.29, 1.82) is 0 Å². The summed E-state index contributed by atoms with van der Waals surface area (Å²) in [4.78, 5) is 24.3. The molecular weight excluding hydrogens is 408 g/mol. The lowest BCUT2D eigenvalue weighted by Gasteiger charge is -2.09. The summed E-state index contributed by atoms with van der Waals surface area (Å²) in [5.41, 5.74) is 2.61. The van der Waals surface area contributed by atoms with Crippen molar-refractivity contribution in [1.82, 2.24) is 10.6 Å². The molecule has 0 aromatic heterocycles. The van der Waals surface area contributed by atoms with Crippen LogP contribution in [-0.4, -0.2) is 31.7 Å². The van der Waals surface area contributed by atoms with E-state index >= 15 is 0 Å². The number of ether oxygens (including phenoxy) is 3. The fourth-order valence-electron chi connectivity index (χ4n) is 3.20. The van der Waals surface area contributed by atoms with Gasteiger partial charge in [-0.1, -0.05) is 42.5 Å². The third-order valence-electron chi connectivity index (χ3n) is 4.95. The first-order valence-electron chi connectivity index (χ1n) is 10.4. The first-order valence-corrected chi connectivity index (χ1v) is 10.4. The second-order valence-electron chi connectivity index (χ2n) is 7.27. The van der Waals surface area contributed by atoms with E-state index in [-0.39, 0.29) is 25.2 Å². The van der Waals surface area contributed by atoms with E-state index in [1.165, 1.54) is 0 Å². The van der Waals surface area contributed by atoms with Gasteiger partial charge in [-0.15, -0.1) is 0 Å². The monoisotopic (exact) mass is 432 g/mol. The van der Waals surface area contributed by atoms with Gasteiger partial charge in [0.1, 0.15) is 12.4 Å². The number of hydrogen-bond acceptors (Lipinski definition) is 5. The Morgan fingerprint density at radius 2 is 1.62 bits per heavy atom. The van der Waals surface area contributed by atoms with Gasteiger partial charge in [-0.05, 0) is 47.9 Å². The number of carbonyl (C=O) groups is 2. The molecule has 1 heterocycles. The minimum absolute atomic E-state index is 0.0977.